The van der Waals surface area contributed by atoms with E-state index in [1.807, 2.05) is 0 Å². The summed E-state index contributed by atoms with van der Waals surface area (Å²) in [6.07, 6.45) is 1.68. The molecule has 0 fully saturated rings. The van der Waals surface area contributed by atoms with E-state index in [4.69, 9.17) is 5.73 Å². The van der Waals surface area contributed by atoms with E-state index < -0.39 is 0 Å². The quantitative estimate of drug-likeness (QED) is 0.405. The van der Waals surface area contributed by atoms with Gasteiger partial charge in [-0.1, -0.05) is 12.2 Å². The Morgan fingerprint density at radius 3 is 2.88 bits per heavy atom. The third-order valence-corrected chi connectivity index (χ3v) is 0.930. The van der Waals surface area contributed by atoms with Crippen LogP contribution in [0.15, 0.2) is 11.8 Å². The molecule has 0 atom stereocenters. The second-order valence-electron chi connectivity index (χ2n) is 1.30. The van der Waals surface area contributed by atoms with Crippen LogP contribution < -0.4 is 5.73 Å². The maximum absolute atomic E-state index is 5.16. The van der Waals surface area contributed by atoms with Gasteiger partial charge >= 0.3 is 0 Å². The van der Waals surface area contributed by atoms with Gasteiger partial charge < -0.3 is 10.6 Å². The van der Waals surface area contributed by atoms with Crippen LogP contribution in [0.4, 0.5) is 0 Å². The lowest BCUT2D eigenvalue weighted by atomic mass is 10.5. The third-order valence-electron chi connectivity index (χ3n) is 0.728. The second-order valence-corrected chi connectivity index (χ2v) is 1.74. The van der Waals surface area contributed by atoms with Crippen LogP contribution in [0.3, 0.4) is 0 Å². The summed E-state index contributed by atoms with van der Waals surface area (Å²) in [4.78, 5) is 9.21. The third kappa shape index (κ3) is 0.962. The highest BCUT2D eigenvalue weighted by Gasteiger charge is 2.07. The van der Waals surface area contributed by atoms with Crippen LogP contribution >= 0.6 is 12.2 Å². The SMILES string of the molecule is NC(=S)C1=CCOO1. The van der Waals surface area contributed by atoms with Gasteiger partial charge in [-0.3, -0.25) is 0 Å². The molecule has 8 heavy (non-hydrogen) atoms. The molecule has 44 valence electrons. The minimum Gasteiger partial charge on any atom is -0.387 e. The lowest BCUT2D eigenvalue weighted by molar-refractivity contribution is -0.227. The number of rotatable bonds is 1. The van der Waals surface area contributed by atoms with Gasteiger partial charge in [0.25, 0.3) is 0 Å². The van der Waals surface area contributed by atoms with Gasteiger partial charge in [0.05, 0.1) is 0 Å². The molecule has 1 rings (SSSR count). The van der Waals surface area contributed by atoms with Crippen molar-refractivity contribution >= 4 is 17.2 Å². The van der Waals surface area contributed by atoms with Crippen LogP contribution in [0.25, 0.3) is 0 Å². The van der Waals surface area contributed by atoms with E-state index in [0.29, 0.717) is 12.4 Å². The Bertz CT molecular complexity index is 143. The summed E-state index contributed by atoms with van der Waals surface area (Å²) in [6.45, 7) is 0.437. The van der Waals surface area contributed by atoms with E-state index in [-0.39, 0.29) is 4.99 Å². The van der Waals surface area contributed by atoms with E-state index in [0.717, 1.165) is 0 Å². The number of hydrogen-bond acceptors (Lipinski definition) is 3. The molecular formula is C4H5NO2S. The van der Waals surface area contributed by atoms with E-state index in [1.54, 1.807) is 6.08 Å². The lowest BCUT2D eigenvalue weighted by Crippen LogP contribution is -2.10. The molecule has 3 nitrogen and oxygen atoms in total. The van der Waals surface area contributed by atoms with Crippen molar-refractivity contribution in [3.05, 3.63) is 11.8 Å². The number of thiocarbonyl (C=S) groups is 1. The molecule has 1 aliphatic rings. The van der Waals surface area contributed by atoms with Crippen molar-refractivity contribution in [1.82, 2.24) is 0 Å². The second kappa shape index (κ2) is 2.11. The first-order chi connectivity index (χ1) is 3.80. The Morgan fingerprint density at radius 2 is 2.62 bits per heavy atom. The summed E-state index contributed by atoms with van der Waals surface area (Å²) in [6, 6.07) is 0. The standard InChI is InChI=1S/C4H5NO2S/c5-4(8)3-1-2-6-7-3/h1H,2H2,(H2,5,8). The molecule has 1 aliphatic heterocycles. The van der Waals surface area contributed by atoms with Gasteiger partial charge in [-0.2, -0.15) is 4.89 Å². The zero-order valence-electron chi connectivity index (χ0n) is 4.09. The molecule has 0 saturated carbocycles. The molecule has 0 spiro atoms. The average molecular weight is 131 g/mol. The Labute approximate surface area is 52.0 Å². The zero-order chi connectivity index (χ0) is 5.98. The minimum atomic E-state index is 0.238. The monoisotopic (exact) mass is 131 g/mol. The highest BCUT2D eigenvalue weighted by atomic mass is 32.1. The Hall–Kier alpha value is -0.610. The lowest BCUT2D eigenvalue weighted by Gasteiger charge is -1.94. The molecule has 0 aromatic heterocycles. The van der Waals surface area contributed by atoms with Crippen molar-refractivity contribution in [2.24, 2.45) is 5.73 Å². The molecule has 0 unspecified atom stereocenters. The van der Waals surface area contributed by atoms with Crippen molar-refractivity contribution in [2.75, 3.05) is 6.61 Å². The average Bonchev–Trinajstić information content (AvgIpc) is 2.12. The van der Waals surface area contributed by atoms with E-state index >= 15 is 0 Å². The molecule has 2 N–H and O–H groups in total. The summed E-state index contributed by atoms with van der Waals surface area (Å²) in [7, 11) is 0. The predicted octanol–water partition coefficient (Wildman–Crippen LogP) is 0.118. The van der Waals surface area contributed by atoms with Crippen LogP contribution in [0.1, 0.15) is 0 Å². The molecule has 0 aliphatic carbocycles. The molecule has 4 heteroatoms. The van der Waals surface area contributed by atoms with Crippen molar-refractivity contribution in [3.63, 3.8) is 0 Å². The fourth-order valence-corrected chi connectivity index (χ4v) is 0.500. The maximum atomic E-state index is 5.16. The van der Waals surface area contributed by atoms with Crippen LogP contribution in [-0.2, 0) is 9.78 Å². The van der Waals surface area contributed by atoms with Crippen LogP contribution in [0.5, 0.6) is 0 Å². The van der Waals surface area contributed by atoms with Crippen LogP contribution in [0, 0.1) is 0 Å². The first-order valence-corrected chi connectivity index (χ1v) is 2.51. The fraction of sp³-hybridized carbons (Fsp3) is 0.250. The summed E-state index contributed by atoms with van der Waals surface area (Å²) in [5, 5.41) is 0. The molecule has 0 bridgehead atoms. The smallest absolute Gasteiger partial charge is 0.197 e. The van der Waals surface area contributed by atoms with Gasteiger partial charge in [-0.15, -0.1) is 0 Å². The Morgan fingerprint density at radius 1 is 1.88 bits per heavy atom. The predicted molar refractivity (Wildman–Crippen MR) is 31.9 cm³/mol. The molecule has 0 aromatic rings. The van der Waals surface area contributed by atoms with Crippen molar-refractivity contribution in [2.45, 2.75) is 0 Å². The molecule has 0 radical (unpaired) electrons. The van der Waals surface area contributed by atoms with Gasteiger partial charge in [0.1, 0.15) is 11.6 Å². The van der Waals surface area contributed by atoms with Gasteiger partial charge in [0.15, 0.2) is 5.76 Å². The summed E-state index contributed by atoms with van der Waals surface area (Å²) >= 11 is 4.56. The molecule has 0 aromatic carbocycles. The largest absolute Gasteiger partial charge is 0.387 e. The van der Waals surface area contributed by atoms with Crippen molar-refractivity contribution in [3.8, 4) is 0 Å². The maximum Gasteiger partial charge on any atom is 0.197 e. The summed E-state index contributed by atoms with van der Waals surface area (Å²) < 4.78 is 0. The van der Waals surface area contributed by atoms with Crippen molar-refractivity contribution < 1.29 is 9.78 Å². The van der Waals surface area contributed by atoms with Gasteiger partial charge in [0.2, 0.25) is 0 Å². The van der Waals surface area contributed by atoms with Gasteiger partial charge in [-0.05, 0) is 6.08 Å². The first kappa shape index (κ1) is 5.53. The van der Waals surface area contributed by atoms with Crippen LogP contribution in [0.2, 0.25) is 0 Å². The molecule has 0 saturated heterocycles. The first-order valence-electron chi connectivity index (χ1n) is 2.10. The van der Waals surface area contributed by atoms with Gasteiger partial charge in [-0.25, -0.2) is 0 Å². The highest BCUT2D eigenvalue weighted by Crippen LogP contribution is 2.05. The topological polar surface area (TPSA) is 44.5 Å². The number of nitrogens with two attached hydrogens (primary N) is 1. The molecule has 0 amide bonds. The minimum absolute atomic E-state index is 0.238. The summed E-state index contributed by atoms with van der Waals surface area (Å²) in [5.74, 6) is 0.458. The summed E-state index contributed by atoms with van der Waals surface area (Å²) in [5.41, 5.74) is 5.16. The molecule has 1 heterocycles. The van der Waals surface area contributed by atoms with Crippen LogP contribution in [-0.4, -0.2) is 11.6 Å². The normalized spacial score (nSPS) is 17.2. The highest BCUT2D eigenvalue weighted by molar-refractivity contribution is 7.80. The fourth-order valence-electron chi connectivity index (χ4n) is 0.383. The zero-order valence-corrected chi connectivity index (χ0v) is 4.90. The van der Waals surface area contributed by atoms with Gasteiger partial charge in [0, 0.05) is 0 Å². The number of hydrogen-bond donors (Lipinski definition) is 1. The Kier molecular flexibility index (Phi) is 1.45. The molecular weight excluding hydrogens is 126 g/mol. The Balaban J connectivity index is 2.57. The van der Waals surface area contributed by atoms with E-state index in [1.165, 1.54) is 0 Å². The van der Waals surface area contributed by atoms with E-state index in [2.05, 4.69) is 22.0 Å². The van der Waals surface area contributed by atoms with Crippen molar-refractivity contribution in [1.29, 1.82) is 0 Å². The van der Waals surface area contributed by atoms with E-state index in [9.17, 15) is 0 Å².